The highest BCUT2D eigenvalue weighted by Crippen LogP contribution is 2.27. The number of aliphatic carboxylic acids is 1. The zero-order valence-electron chi connectivity index (χ0n) is 11.1. The number of halogens is 1. The summed E-state index contributed by atoms with van der Waals surface area (Å²) in [6, 6.07) is 4.41. The molecule has 4 nitrogen and oxygen atoms in total. The van der Waals surface area contributed by atoms with Gasteiger partial charge in [-0.15, -0.1) is 0 Å². The third-order valence-corrected chi connectivity index (χ3v) is 3.53. The Kier molecular flexibility index (Phi) is 4.17. The lowest BCUT2D eigenvalue weighted by Crippen LogP contribution is -2.34. The smallest absolute Gasteiger partial charge is 0.307 e. The number of hydrogen-bond acceptors (Lipinski definition) is 2. The number of benzene rings is 1. The van der Waals surface area contributed by atoms with E-state index in [-0.39, 0.29) is 5.91 Å². The minimum atomic E-state index is -0.982. The fourth-order valence-electron chi connectivity index (χ4n) is 2.28. The van der Waals surface area contributed by atoms with Crippen LogP contribution in [0.4, 0.5) is 10.1 Å². The quantitative estimate of drug-likeness (QED) is 0.835. The summed E-state index contributed by atoms with van der Waals surface area (Å²) in [6.07, 6.45) is 4.31. The second-order valence-corrected chi connectivity index (χ2v) is 4.95. The SMILES string of the molecule is Cc1ccc(NC(=O)[C@@H]2CC=CC[C@@H]2C(=O)O)cc1F. The predicted octanol–water partition coefficient (Wildman–Crippen LogP) is 2.74. The third kappa shape index (κ3) is 3.04. The van der Waals surface area contributed by atoms with E-state index in [9.17, 15) is 14.0 Å². The molecule has 1 aliphatic rings. The molecule has 0 fully saturated rings. The van der Waals surface area contributed by atoms with E-state index in [0.29, 0.717) is 24.1 Å². The Labute approximate surface area is 116 Å². The number of anilines is 1. The van der Waals surface area contributed by atoms with Crippen LogP contribution >= 0.6 is 0 Å². The van der Waals surface area contributed by atoms with E-state index in [2.05, 4.69) is 5.32 Å². The summed E-state index contributed by atoms with van der Waals surface area (Å²) >= 11 is 0. The first kappa shape index (κ1) is 14.2. The molecule has 0 aliphatic heterocycles. The fraction of sp³-hybridized carbons (Fsp3) is 0.333. The lowest BCUT2D eigenvalue weighted by Gasteiger charge is -2.24. The summed E-state index contributed by atoms with van der Waals surface area (Å²) in [5.74, 6) is -3.12. The number of hydrogen-bond donors (Lipinski definition) is 2. The number of allylic oxidation sites excluding steroid dienone is 2. The lowest BCUT2D eigenvalue weighted by atomic mass is 9.82. The van der Waals surface area contributed by atoms with Crippen LogP contribution in [-0.2, 0) is 9.59 Å². The van der Waals surface area contributed by atoms with E-state index in [0.717, 1.165) is 0 Å². The third-order valence-electron chi connectivity index (χ3n) is 3.53. The number of carboxylic acids is 1. The molecule has 5 heteroatoms. The van der Waals surface area contributed by atoms with Gasteiger partial charge in [-0.05, 0) is 37.5 Å². The van der Waals surface area contributed by atoms with E-state index < -0.39 is 23.6 Å². The molecule has 20 heavy (non-hydrogen) atoms. The number of amides is 1. The molecule has 0 spiro atoms. The zero-order valence-corrected chi connectivity index (χ0v) is 11.1. The van der Waals surface area contributed by atoms with Gasteiger partial charge in [0, 0.05) is 5.69 Å². The molecule has 2 rings (SSSR count). The van der Waals surface area contributed by atoms with Gasteiger partial charge in [-0.2, -0.15) is 0 Å². The van der Waals surface area contributed by atoms with Gasteiger partial charge in [0.25, 0.3) is 0 Å². The molecule has 0 saturated carbocycles. The van der Waals surface area contributed by atoms with Gasteiger partial charge in [-0.1, -0.05) is 18.2 Å². The van der Waals surface area contributed by atoms with Crippen molar-refractivity contribution in [1.82, 2.24) is 0 Å². The molecule has 106 valence electrons. The average Bonchev–Trinajstić information content (AvgIpc) is 2.43. The van der Waals surface area contributed by atoms with E-state index in [4.69, 9.17) is 5.11 Å². The second kappa shape index (κ2) is 5.86. The normalized spacial score (nSPS) is 21.5. The molecule has 0 unspecified atom stereocenters. The molecule has 0 bridgehead atoms. The Bertz CT molecular complexity index is 568. The number of carbonyl (C=O) groups is 2. The maximum absolute atomic E-state index is 13.4. The number of carboxylic acid groups (broad SMARTS) is 1. The first-order valence-electron chi connectivity index (χ1n) is 6.44. The molecule has 0 aromatic heterocycles. The van der Waals surface area contributed by atoms with Crippen LogP contribution in [0.2, 0.25) is 0 Å². The van der Waals surface area contributed by atoms with Crippen molar-refractivity contribution in [2.24, 2.45) is 11.8 Å². The summed E-state index contributed by atoms with van der Waals surface area (Å²) in [5.41, 5.74) is 0.837. The Balaban J connectivity index is 2.12. The van der Waals surface area contributed by atoms with E-state index >= 15 is 0 Å². The molecule has 0 radical (unpaired) electrons. The number of rotatable bonds is 3. The largest absolute Gasteiger partial charge is 0.481 e. The average molecular weight is 277 g/mol. The number of aryl methyl sites for hydroxylation is 1. The van der Waals surface area contributed by atoms with Crippen molar-refractivity contribution in [3.8, 4) is 0 Å². The summed E-state index contributed by atoms with van der Waals surface area (Å²) in [5, 5.41) is 11.7. The van der Waals surface area contributed by atoms with Crippen molar-refractivity contribution in [2.45, 2.75) is 19.8 Å². The molecule has 1 aromatic carbocycles. The standard InChI is InChI=1S/C15H16FNO3/c1-9-6-7-10(8-13(9)16)17-14(18)11-4-2-3-5-12(11)15(19)20/h2-3,6-8,11-12H,4-5H2,1H3,(H,17,18)(H,19,20)/t11-,12+/m1/s1. The van der Waals surface area contributed by atoms with E-state index in [1.54, 1.807) is 31.2 Å². The van der Waals surface area contributed by atoms with Gasteiger partial charge < -0.3 is 10.4 Å². The van der Waals surface area contributed by atoms with Gasteiger partial charge in [-0.25, -0.2) is 4.39 Å². The van der Waals surface area contributed by atoms with Crippen molar-refractivity contribution in [3.63, 3.8) is 0 Å². The number of nitrogens with one attached hydrogen (secondary N) is 1. The highest BCUT2D eigenvalue weighted by atomic mass is 19.1. The Morgan fingerprint density at radius 3 is 2.50 bits per heavy atom. The maximum atomic E-state index is 13.4. The summed E-state index contributed by atoms with van der Waals surface area (Å²) in [4.78, 5) is 23.3. The molecule has 2 N–H and O–H groups in total. The topological polar surface area (TPSA) is 66.4 Å². The van der Waals surface area contributed by atoms with Crippen LogP contribution < -0.4 is 5.32 Å². The van der Waals surface area contributed by atoms with Gasteiger partial charge in [0.05, 0.1) is 11.8 Å². The van der Waals surface area contributed by atoms with Crippen LogP contribution in [0.25, 0.3) is 0 Å². The van der Waals surface area contributed by atoms with Crippen molar-refractivity contribution in [1.29, 1.82) is 0 Å². The van der Waals surface area contributed by atoms with Crippen LogP contribution in [0.5, 0.6) is 0 Å². The molecule has 1 amide bonds. The summed E-state index contributed by atoms with van der Waals surface area (Å²) in [7, 11) is 0. The summed E-state index contributed by atoms with van der Waals surface area (Å²) in [6.45, 7) is 1.63. The molecule has 0 saturated heterocycles. The zero-order chi connectivity index (χ0) is 14.7. The number of carbonyl (C=O) groups excluding carboxylic acids is 1. The highest BCUT2D eigenvalue weighted by Gasteiger charge is 2.33. The Morgan fingerprint density at radius 1 is 1.25 bits per heavy atom. The Hall–Kier alpha value is -2.17. The fourth-order valence-corrected chi connectivity index (χ4v) is 2.28. The van der Waals surface area contributed by atoms with Crippen LogP contribution in [0.1, 0.15) is 18.4 Å². The molecule has 1 aromatic rings. The second-order valence-electron chi connectivity index (χ2n) is 4.95. The molecule has 0 heterocycles. The highest BCUT2D eigenvalue weighted by molar-refractivity contribution is 5.95. The van der Waals surface area contributed by atoms with Gasteiger partial charge in [0.1, 0.15) is 5.82 Å². The molecule has 1 aliphatic carbocycles. The van der Waals surface area contributed by atoms with Gasteiger partial charge in [-0.3, -0.25) is 9.59 Å². The van der Waals surface area contributed by atoms with Crippen LogP contribution in [0, 0.1) is 24.6 Å². The monoisotopic (exact) mass is 277 g/mol. The maximum Gasteiger partial charge on any atom is 0.307 e. The van der Waals surface area contributed by atoms with Crippen LogP contribution in [0.15, 0.2) is 30.4 Å². The lowest BCUT2D eigenvalue weighted by molar-refractivity contribution is -0.146. The van der Waals surface area contributed by atoms with Gasteiger partial charge in [0.2, 0.25) is 5.91 Å². The first-order chi connectivity index (χ1) is 9.49. The van der Waals surface area contributed by atoms with Crippen LogP contribution in [0.3, 0.4) is 0 Å². The molecular weight excluding hydrogens is 261 g/mol. The minimum absolute atomic E-state index is 0.343. The van der Waals surface area contributed by atoms with E-state index in [1.165, 1.54) is 6.07 Å². The van der Waals surface area contributed by atoms with Crippen molar-refractivity contribution in [2.75, 3.05) is 5.32 Å². The molecule has 2 atom stereocenters. The van der Waals surface area contributed by atoms with Crippen LogP contribution in [-0.4, -0.2) is 17.0 Å². The predicted molar refractivity (Wildman–Crippen MR) is 72.8 cm³/mol. The van der Waals surface area contributed by atoms with Crippen molar-refractivity contribution < 1.29 is 19.1 Å². The minimum Gasteiger partial charge on any atom is -0.481 e. The van der Waals surface area contributed by atoms with Gasteiger partial charge in [0.15, 0.2) is 0 Å². The van der Waals surface area contributed by atoms with E-state index in [1.807, 2.05) is 0 Å². The first-order valence-corrected chi connectivity index (χ1v) is 6.44. The van der Waals surface area contributed by atoms with Crippen molar-refractivity contribution >= 4 is 17.6 Å². The van der Waals surface area contributed by atoms with Crippen molar-refractivity contribution in [3.05, 3.63) is 41.7 Å². The summed E-state index contributed by atoms with van der Waals surface area (Å²) < 4.78 is 13.4. The van der Waals surface area contributed by atoms with Gasteiger partial charge >= 0.3 is 5.97 Å². The Morgan fingerprint density at radius 2 is 1.90 bits per heavy atom. The molecular formula is C15H16FNO3.